The first-order chi connectivity index (χ1) is 6.81. The Morgan fingerprint density at radius 3 is 2.36 bits per heavy atom. The molecule has 0 aromatic rings. The van der Waals surface area contributed by atoms with E-state index >= 15 is 0 Å². The van der Waals surface area contributed by atoms with Gasteiger partial charge in [0.2, 0.25) is 0 Å². The lowest BCUT2D eigenvalue weighted by atomic mass is 10.1. The maximum atomic E-state index is 10.9. The maximum absolute atomic E-state index is 10.9. The van der Waals surface area contributed by atoms with Gasteiger partial charge in [-0.1, -0.05) is 0 Å². The summed E-state index contributed by atoms with van der Waals surface area (Å²) in [4.78, 5) is 10.9. The summed E-state index contributed by atoms with van der Waals surface area (Å²) in [6, 6.07) is 0.694. The van der Waals surface area contributed by atoms with E-state index in [1.165, 1.54) is 32.8 Å². The van der Waals surface area contributed by atoms with Gasteiger partial charge in [-0.25, -0.2) is 0 Å². The molecule has 0 spiro atoms. The van der Waals surface area contributed by atoms with Crippen LogP contribution in [-0.4, -0.2) is 25.7 Å². The Bertz CT molecular complexity index is 197. The van der Waals surface area contributed by atoms with E-state index in [1.54, 1.807) is 0 Å². The standard InChI is InChI=1S/C11H19NO2/c1-14-10(13)6-7-12-11(8-2-3-8)9-4-5-9/h8-9,11-12H,2-7H2,1H3. The van der Waals surface area contributed by atoms with Gasteiger partial charge in [-0.15, -0.1) is 0 Å². The molecule has 1 N–H and O–H groups in total. The highest BCUT2D eigenvalue weighted by atomic mass is 16.5. The van der Waals surface area contributed by atoms with Crippen LogP contribution in [-0.2, 0) is 9.53 Å². The Labute approximate surface area is 85.2 Å². The predicted octanol–water partition coefficient (Wildman–Crippen LogP) is 1.33. The molecule has 2 aliphatic rings. The van der Waals surface area contributed by atoms with Crippen LogP contribution in [0.3, 0.4) is 0 Å². The highest BCUT2D eigenvalue weighted by Gasteiger charge is 2.40. The zero-order valence-corrected chi connectivity index (χ0v) is 8.79. The molecule has 2 rings (SSSR count). The van der Waals surface area contributed by atoms with Crippen molar-refractivity contribution in [2.45, 2.75) is 38.1 Å². The fourth-order valence-electron chi connectivity index (χ4n) is 2.07. The van der Waals surface area contributed by atoms with Gasteiger partial charge in [-0.05, 0) is 37.5 Å². The molecule has 0 radical (unpaired) electrons. The van der Waals surface area contributed by atoms with E-state index in [4.69, 9.17) is 0 Å². The molecule has 0 aliphatic heterocycles. The minimum absolute atomic E-state index is 0.108. The summed E-state index contributed by atoms with van der Waals surface area (Å²) in [5, 5.41) is 3.51. The number of hydrogen-bond acceptors (Lipinski definition) is 3. The quantitative estimate of drug-likeness (QED) is 0.653. The summed E-state index contributed by atoms with van der Waals surface area (Å²) in [5.41, 5.74) is 0. The van der Waals surface area contributed by atoms with Crippen LogP contribution in [0.2, 0.25) is 0 Å². The Morgan fingerprint density at radius 2 is 1.93 bits per heavy atom. The predicted molar refractivity (Wildman–Crippen MR) is 53.9 cm³/mol. The van der Waals surface area contributed by atoms with E-state index in [1.807, 2.05) is 0 Å². The van der Waals surface area contributed by atoms with E-state index in [0.29, 0.717) is 12.5 Å². The second-order valence-electron chi connectivity index (χ2n) is 4.48. The minimum Gasteiger partial charge on any atom is -0.469 e. The second kappa shape index (κ2) is 4.30. The smallest absolute Gasteiger partial charge is 0.306 e. The largest absolute Gasteiger partial charge is 0.469 e. The van der Waals surface area contributed by atoms with Crippen LogP contribution in [0.5, 0.6) is 0 Å². The van der Waals surface area contributed by atoms with Gasteiger partial charge in [0.1, 0.15) is 0 Å². The molecule has 0 unspecified atom stereocenters. The van der Waals surface area contributed by atoms with Crippen molar-refractivity contribution in [3.63, 3.8) is 0 Å². The molecule has 80 valence electrons. The first-order valence-electron chi connectivity index (χ1n) is 5.61. The molecule has 2 saturated carbocycles. The third-order valence-corrected chi connectivity index (χ3v) is 3.20. The lowest BCUT2D eigenvalue weighted by Gasteiger charge is -2.16. The van der Waals surface area contributed by atoms with Crippen LogP contribution >= 0.6 is 0 Å². The summed E-state index contributed by atoms with van der Waals surface area (Å²) in [6.07, 6.45) is 6.03. The van der Waals surface area contributed by atoms with Crippen molar-refractivity contribution in [3.8, 4) is 0 Å². The zero-order chi connectivity index (χ0) is 9.97. The fraction of sp³-hybridized carbons (Fsp3) is 0.909. The molecule has 0 amide bonds. The van der Waals surface area contributed by atoms with E-state index < -0.39 is 0 Å². The zero-order valence-electron chi connectivity index (χ0n) is 8.79. The number of esters is 1. The number of methoxy groups -OCH3 is 1. The van der Waals surface area contributed by atoms with Crippen molar-refractivity contribution in [2.75, 3.05) is 13.7 Å². The molecule has 3 nitrogen and oxygen atoms in total. The number of hydrogen-bond donors (Lipinski definition) is 1. The first-order valence-corrected chi connectivity index (χ1v) is 5.61. The molecular formula is C11H19NO2. The minimum atomic E-state index is -0.108. The Hall–Kier alpha value is -0.570. The SMILES string of the molecule is COC(=O)CCNC(C1CC1)C1CC1. The van der Waals surface area contributed by atoms with Crippen LogP contribution in [0, 0.1) is 11.8 Å². The van der Waals surface area contributed by atoms with Gasteiger partial charge in [0.05, 0.1) is 13.5 Å². The number of ether oxygens (including phenoxy) is 1. The Balaban J connectivity index is 1.64. The van der Waals surface area contributed by atoms with Crippen LogP contribution < -0.4 is 5.32 Å². The maximum Gasteiger partial charge on any atom is 0.306 e. The number of carbonyl (C=O) groups is 1. The van der Waals surface area contributed by atoms with Crippen molar-refractivity contribution in [2.24, 2.45) is 11.8 Å². The molecule has 0 atom stereocenters. The van der Waals surface area contributed by atoms with Gasteiger partial charge in [0.15, 0.2) is 0 Å². The molecule has 0 aromatic carbocycles. The summed E-state index contributed by atoms with van der Waals surface area (Å²) < 4.78 is 4.61. The van der Waals surface area contributed by atoms with E-state index in [9.17, 15) is 4.79 Å². The lowest BCUT2D eigenvalue weighted by molar-refractivity contribution is -0.140. The van der Waals surface area contributed by atoms with Crippen molar-refractivity contribution >= 4 is 5.97 Å². The van der Waals surface area contributed by atoms with Crippen molar-refractivity contribution < 1.29 is 9.53 Å². The van der Waals surface area contributed by atoms with Crippen molar-refractivity contribution in [1.29, 1.82) is 0 Å². The lowest BCUT2D eigenvalue weighted by Crippen LogP contribution is -2.34. The van der Waals surface area contributed by atoms with Gasteiger partial charge < -0.3 is 10.1 Å². The molecular weight excluding hydrogens is 178 g/mol. The van der Waals surface area contributed by atoms with Crippen LogP contribution in [0.25, 0.3) is 0 Å². The Morgan fingerprint density at radius 1 is 1.36 bits per heavy atom. The fourth-order valence-corrected chi connectivity index (χ4v) is 2.07. The summed E-state index contributed by atoms with van der Waals surface area (Å²) in [7, 11) is 1.45. The van der Waals surface area contributed by atoms with Gasteiger partial charge in [-0.2, -0.15) is 0 Å². The molecule has 14 heavy (non-hydrogen) atoms. The number of carbonyl (C=O) groups excluding carboxylic acids is 1. The normalized spacial score (nSPS) is 21.3. The monoisotopic (exact) mass is 197 g/mol. The third-order valence-electron chi connectivity index (χ3n) is 3.20. The molecule has 3 heteroatoms. The van der Waals surface area contributed by atoms with E-state index in [2.05, 4.69) is 10.1 Å². The topological polar surface area (TPSA) is 38.3 Å². The molecule has 2 fully saturated rings. The van der Waals surface area contributed by atoms with Gasteiger partial charge in [0.25, 0.3) is 0 Å². The van der Waals surface area contributed by atoms with Gasteiger partial charge in [-0.3, -0.25) is 4.79 Å². The van der Waals surface area contributed by atoms with Gasteiger partial charge >= 0.3 is 5.97 Å². The molecule has 0 heterocycles. The summed E-state index contributed by atoms with van der Waals surface area (Å²) in [5.74, 6) is 1.70. The second-order valence-corrected chi connectivity index (χ2v) is 4.48. The van der Waals surface area contributed by atoms with E-state index in [0.717, 1.165) is 18.4 Å². The molecule has 0 saturated heterocycles. The number of nitrogens with one attached hydrogen (secondary N) is 1. The average molecular weight is 197 g/mol. The average Bonchev–Trinajstić information content (AvgIpc) is 3.03. The third kappa shape index (κ3) is 2.71. The van der Waals surface area contributed by atoms with Crippen LogP contribution in [0.15, 0.2) is 0 Å². The van der Waals surface area contributed by atoms with Gasteiger partial charge in [0, 0.05) is 12.6 Å². The highest BCUT2D eigenvalue weighted by Crippen LogP contribution is 2.44. The van der Waals surface area contributed by atoms with E-state index in [-0.39, 0.29) is 5.97 Å². The Kier molecular flexibility index (Phi) is 3.06. The molecule has 0 bridgehead atoms. The molecule has 2 aliphatic carbocycles. The highest BCUT2D eigenvalue weighted by molar-refractivity contribution is 5.69. The summed E-state index contributed by atoms with van der Waals surface area (Å²) in [6.45, 7) is 0.782. The summed E-state index contributed by atoms with van der Waals surface area (Å²) >= 11 is 0. The number of rotatable bonds is 6. The van der Waals surface area contributed by atoms with Crippen LogP contribution in [0.4, 0.5) is 0 Å². The van der Waals surface area contributed by atoms with Crippen molar-refractivity contribution in [3.05, 3.63) is 0 Å². The van der Waals surface area contributed by atoms with Crippen molar-refractivity contribution in [1.82, 2.24) is 5.32 Å². The van der Waals surface area contributed by atoms with Crippen LogP contribution in [0.1, 0.15) is 32.1 Å². The first kappa shape index (κ1) is 9.97. The molecule has 0 aromatic heterocycles.